The number of carbonyl (C=O) groups is 1. The number of rotatable bonds is 2. The van der Waals surface area contributed by atoms with Crippen molar-refractivity contribution < 1.29 is 9.18 Å². The third-order valence-corrected chi connectivity index (χ3v) is 3.22. The summed E-state index contributed by atoms with van der Waals surface area (Å²) < 4.78 is 13.3. The van der Waals surface area contributed by atoms with Gasteiger partial charge in [-0.1, -0.05) is 17.7 Å². The van der Waals surface area contributed by atoms with E-state index in [0.29, 0.717) is 22.0 Å². The van der Waals surface area contributed by atoms with Gasteiger partial charge in [-0.05, 0) is 36.4 Å². The van der Waals surface area contributed by atoms with E-state index in [1.807, 2.05) is 0 Å². The summed E-state index contributed by atoms with van der Waals surface area (Å²) in [6.07, 6.45) is 0. The van der Waals surface area contributed by atoms with Gasteiger partial charge >= 0.3 is 0 Å². The van der Waals surface area contributed by atoms with Crippen molar-refractivity contribution in [2.45, 2.75) is 6.04 Å². The van der Waals surface area contributed by atoms with Gasteiger partial charge in [0.25, 0.3) is 5.91 Å². The summed E-state index contributed by atoms with van der Waals surface area (Å²) in [6, 6.07) is 10.7. The van der Waals surface area contributed by atoms with Gasteiger partial charge in [0.15, 0.2) is 0 Å². The summed E-state index contributed by atoms with van der Waals surface area (Å²) in [6.45, 7) is 0. The molecule has 5 heteroatoms. The Bertz CT molecular complexity index is 660. The van der Waals surface area contributed by atoms with Crippen molar-refractivity contribution in [3.8, 4) is 0 Å². The van der Waals surface area contributed by atoms with Gasteiger partial charge in [0.2, 0.25) is 0 Å². The van der Waals surface area contributed by atoms with Gasteiger partial charge < -0.3 is 10.6 Å². The summed E-state index contributed by atoms with van der Waals surface area (Å²) in [5.41, 5.74) is 1.95. The zero-order valence-corrected chi connectivity index (χ0v) is 10.5. The minimum absolute atomic E-state index is 0.208. The van der Waals surface area contributed by atoms with Gasteiger partial charge in [-0.15, -0.1) is 0 Å². The van der Waals surface area contributed by atoms with Gasteiger partial charge in [-0.3, -0.25) is 4.79 Å². The number of carbonyl (C=O) groups excluding carboxylic acids is 1. The number of nitrogens with one attached hydrogen (secondary N) is 2. The molecule has 1 heterocycles. The van der Waals surface area contributed by atoms with E-state index in [0.717, 1.165) is 0 Å². The lowest BCUT2D eigenvalue weighted by Crippen LogP contribution is -2.19. The normalized spacial score (nSPS) is 16.9. The molecule has 3 nitrogen and oxygen atoms in total. The van der Waals surface area contributed by atoms with Crippen LogP contribution in [0, 0.1) is 5.82 Å². The molecule has 0 saturated heterocycles. The summed E-state index contributed by atoms with van der Waals surface area (Å²) in [5.74, 6) is -0.575. The number of hydrogen-bond donors (Lipinski definition) is 2. The van der Waals surface area contributed by atoms with Gasteiger partial charge in [0.1, 0.15) is 11.9 Å². The largest absolute Gasteiger partial charge is 0.370 e. The average molecular weight is 277 g/mol. The zero-order chi connectivity index (χ0) is 13.4. The molecule has 0 saturated carbocycles. The van der Waals surface area contributed by atoms with Gasteiger partial charge in [-0.25, -0.2) is 4.39 Å². The Balaban J connectivity index is 1.94. The summed E-state index contributed by atoms with van der Waals surface area (Å²) in [5, 5.41) is 6.33. The fraction of sp³-hybridized carbons (Fsp3) is 0.0714. The van der Waals surface area contributed by atoms with Crippen molar-refractivity contribution in [2.24, 2.45) is 0 Å². The topological polar surface area (TPSA) is 41.1 Å². The highest BCUT2D eigenvalue weighted by atomic mass is 35.5. The Morgan fingerprint density at radius 1 is 1.21 bits per heavy atom. The first-order chi connectivity index (χ1) is 9.13. The third kappa shape index (κ3) is 2.27. The van der Waals surface area contributed by atoms with Crippen LogP contribution in [0.3, 0.4) is 0 Å². The SMILES string of the molecule is O=C1Nc2ccc(F)cc2C1Nc1cccc(Cl)c1. The number of amides is 1. The van der Waals surface area contributed by atoms with E-state index in [9.17, 15) is 9.18 Å². The molecule has 1 amide bonds. The van der Waals surface area contributed by atoms with Crippen molar-refractivity contribution >= 4 is 28.9 Å². The molecule has 1 aliphatic heterocycles. The fourth-order valence-corrected chi connectivity index (χ4v) is 2.31. The minimum Gasteiger partial charge on any atom is -0.370 e. The molecule has 2 aromatic carbocycles. The summed E-state index contributed by atoms with van der Waals surface area (Å²) in [7, 11) is 0. The number of benzene rings is 2. The molecule has 1 aliphatic rings. The van der Waals surface area contributed by atoms with E-state index in [-0.39, 0.29) is 11.7 Å². The second kappa shape index (κ2) is 4.55. The number of fused-ring (bicyclic) bond motifs is 1. The average Bonchev–Trinajstić information content (AvgIpc) is 2.66. The molecule has 0 aliphatic carbocycles. The maximum absolute atomic E-state index is 13.3. The number of hydrogen-bond acceptors (Lipinski definition) is 2. The van der Waals surface area contributed by atoms with Gasteiger partial charge in [0, 0.05) is 22.0 Å². The van der Waals surface area contributed by atoms with Crippen molar-refractivity contribution in [2.75, 3.05) is 10.6 Å². The van der Waals surface area contributed by atoms with E-state index < -0.39 is 6.04 Å². The van der Waals surface area contributed by atoms with E-state index in [1.165, 1.54) is 12.1 Å². The number of halogens is 2. The van der Waals surface area contributed by atoms with E-state index in [4.69, 9.17) is 11.6 Å². The molecule has 0 fully saturated rings. The molecule has 0 spiro atoms. The predicted molar refractivity (Wildman–Crippen MR) is 72.8 cm³/mol. The van der Waals surface area contributed by atoms with E-state index in [1.54, 1.807) is 30.3 Å². The monoisotopic (exact) mass is 276 g/mol. The van der Waals surface area contributed by atoms with Crippen LogP contribution in [0.25, 0.3) is 0 Å². The molecule has 1 atom stereocenters. The molecule has 96 valence electrons. The van der Waals surface area contributed by atoms with Crippen LogP contribution in [0.2, 0.25) is 5.02 Å². The van der Waals surface area contributed by atoms with E-state index >= 15 is 0 Å². The Kier molecular flexibility index (Phi) is 2.87. The highest BCUT2D eigenvalue weighted by Crippen LogP contribution is 2.34. The van der Waals surface area contributed by atoms with Crippen LogP contribution in [0.4, 0.5) is 15.8 Å². The molecular formula is C14H10ClFN2O. The first-order valence-electron chi connectivity index (χ1n) is 5.76. The molecule has 2 aromatic rings. The molecular weight excluding hydrogens is 267 g/mol. The van der Waals surface area contributed by atoms with Crippen molar-refractivity contribution in [1.29, 1.82) is 0 Å². The summed E-state index contributed by atoms with van der Waals surface area (Å²) in [4.78, 5) is 11.9. The van der Waals surface area contributed by atoms with Crippen LogP contribution in [0.5, 0.6) is 0 Å². The van der Waals surface area contributed by atoms with Crippen LogP contribution in [0.15, 0.2) is 42.5 Å². The Morgan fingerprint density at radius 2 is 2.05 bits per heavy atom. The quantitative estimate of drug-likeness (QED) is 0.880. The second-order valence-corrected chi connectivity index (χ2v) is 4.74. The lowest BCUT2D eigenvalue weighted by molar-refractivity contribution is -0.116. The predicted octanol–water partition coefficient (Wildman–Crippen LogP) is 3.58. The van der Waals surface area contributed by atoms with Crippen LogP contribution in [-0.2, 0) is 4.79 Å². The molecule has 3 rings (SSSR count). The maximum atomic E-state index is 13.3. The van der Waals surface area contributed by atoms with Gasteiger partial charge in [0.05, 0.1) is 0 Å². The number of anilines is 2. The van der Waals surface area contributed by atoms with Crippen LogP contribution in [-0.4, -0.2) is 5.91 Å². The lowest BCUT2D eigenvalue weighted by Gasteiger charge is -2.13. The van der Waals surface area contributed by atoms with Crippen molar-refractivity contribution in [3.05, 3.63) is 58.9 Å². The first kappa shape index (κ1) is 12.0. The Hall–Kier alpha value is -2.07. The smallest absolute Gasteiger partial charge is 0.251 e. The highest BCUT2D eigenvalue weighted by Gasteiger charge is 2.30. The summed E-state index contributed by atoms with van der Waals surface area (Å²) >= 11 is 5.89. The third-order valence-electron chi connectivity index (χ3n) is 2.98. The van der Waals surface area contributed by atoms with Crippen molar-refractivity contribution in [3.63, 3.8) is 0 Å². The van der Waals surface area contributed by atoms with Crippen molar-refractivity contribution in [1.82, 2.24) is 0 Å². The first-order valence-corrected chi connectivity index (χ1v) is 6.14. The zero-order valence-electron chi connectivity index (χ0n) is 9.78. The Morgan fingerprint density at radius 3 is 2.84 bits per heavy atom. The van der Waals surface area contributed by atoms with Crippen LogP contribution >= 0.6 is 11.6 Å². The lowest BCUT2D eigenvalue weighted by atomic mass is 10.1. The van der Waals surface area contributed by atoms with Crippen LogP contribution in [0.1, 0.15) is 11.6 Å². The fourth-order valence-electron chi connectivity index (χ4n) is 2.12. The van der Waals surface area contributed by atoms with Gasteiger partial charge in [-0.2, -0.15) is 0 Å². The molecule has 19 heavy (non-hydrogen) atoms. The Labute approximate surface area is 114 Å². The van der Waals surface area contributed by atoms with Crippen LogP contribution < -0.4 is 10.6 Å². The molecule has 0 radical (unpaired) electrons. The highest BCUT2D eigenvalue weighted by molar-refractivity contribution is 6.30. The molecule has 0 aromatic heterocycles. The minimum atomic E-state index is -0.607. The van der Waals surface area contributed by atoms with E-state index in [2.05, 4.69) is 10.6 Å². The second-order valence-electron chi connectivity index (χ2n) is 4.31. The molecule has 0 bridgehead atoms. The molecule has 2 N–H and O–H groups in total. The maximum Gasteiger partial charge on any atom is 0.251 e. The molecule has 1 unspecified atom stereocenters. The standard InChI is InChI=1S/C14H10ClFN2O/c15-8-2-1-3-10(6-8)17-13-11-7-9(16)4-5-12(11)18-14(13)19/h1-7,13,17H,(H,18,19).